The van der Waals surface area contributed by atoms with Crippen molar-refractivity contribution in [3.8, 4) is 17.1 Å². The molecule has 0 atom stereocenters. The molecule has 0 spiro atoms. The highest BCUT2D eigenvalue weighted by atomic mass is 19.4. The van der Waals surface area contributed by atoms with Crippen molar-refractivity contribution in [1.29, 1.82) is 0 Å². The van der Waals surface area contributed by atoms with E-state index < -0.39 is 12.3 Å². The fourth-order valence-corrected chi connectivity index (χ4v) is 4.14. The second-order valence-corrected chi connectivity index (χ2v) is 7.94. The molecule has 8 heteroatoms. The Bertz CT molecular complexity index is 1530. The summed E-state index contributed by atoms with van der Waals surface area (Å²) in [6.45, 7) is 0.346. The van der Waals surface area contributed by atoms with Gasteiger partial charge in [-0.15, -0.1) is 13.2 Å². The number of ether oxygens (including phenoxy) is 2. The third kappa shape index (κ3) is 4.55. The first-order chi connectivity index (χ1) is 16.8. The Kier molecular flexibility index (Phi) is 5.64. The van der Waals surface area contributed by atoms with Crippen molar-refractivity contribution in [1.82, 2.24) is 9.55 Å². The van der Waals surface area contributed by atoms with Gasteiger partial charge in [0.15, 0.2) is 0 Å². The van der Waals surface area contributed by atoms with E-state index in [1.165, 1.54) is 19.2 Å². The highest BCUT2D eigenvalue weighted by Gasteiger charge is 2.31. The van der Waals surface area contributed by atoms with Gasteiger partial charge in [0.1, 0.15) is 11.6 Å². The van der Waals surface area contributed by atoms with Crippen molar-refractivity contribution >= 4 is 27.8 Å². The quantitative estimate of drug-likeness (QED) is 0.269. The maximum Gasteiger partial charge on any atom is 0.573 e. The number of benzene rings is 4. The Hall–Kier alpha value is -4.33. The first kappa shape index (κ1) is 22.5. The maximum absolute atomic E-state index is 12.5. The number of methoxy groups -OCH3 is 1. The molecule has 5 rings (SSSR count). The van der Waals surface area contributed by atoms with Crippen LogP contribution in [0.3, 0.4) is 0 Å². The molecule has 0 bridgehead atoms. The number of halogens is 3. The second kappa shape index (κ2) is 8.79. The zero-order chi connectivity index (χ0) is 24.6. The van der Waals surface area contributed by atoms with Gasteiger partial charge in [-0.1, -0.05) is 54.6 Å². The Balaban J connectivity index is 1.64. The molecule has 0 N–H and O–H groups in total. The van der Waals surface area contributed by atoms with Gasteiger partial charge in [0, 0.05) is 12.1 Å². The number of imidazole rings is 1. The summed E-state index contributed by atoms with van der Waals surface area (Å²) in [6.07, 6.45) is -4.75. The number of nitrogens with zero attached hydrogens (tertiary/aromatic N) is 2. The van der Waals surface area contributed by atoms with E-state index in [9.17, 15) is 18.0 Å². The van der Waals surface area contributed by atoms with Crippen molar-refractivity contribution in [3.05, 3.63) is 96.1 Å². The molecule has 0 amide bonds. The average molecular weight is 476 g/mol. The Morgan fingerprint density at radius 2 is 1.69 bits per heavy atom. The van der Waals surface area contributed by atoms with Gasteiger partial charge in [0.25, 0.3) is 0 Å². The summed E-state index contributed by atoms with van der Waals surface area (Å²) in [6, 6.07) is 24.8. The van der Waals surface area contributed by atoms with E-state index in [1.54, 1.807) is 30.3 Å². The summed E-state index contributed by atoms with van der Waals surface area (Å²) in [7, 11) is 1.32. The summed E-state index contributed by atoms with van der Waals surface area (Å²) in [4.78, 5) is 16.9. The van der Waals surface area contributed by atoms with Crippen LogP contribution in [0.5, 0.6) is 5.75 Å². The van der Waals surface area contributed by atoms with Gasteiger partial charge >= 0.3 is 12.3 Å². The van der Waals surface area contributed by atoms with Gasteiger partial charge in [0.2, 0.25) is 0 Å². The fraction of sp³-hybridized carbons (Fsp3) is 0.111. The number of rotatable bonds is 5. The lowest BCUT2D eigenvalue weighted by atomic mass is 10.0. The van der Waals surface area contributed by atoms with Crippen molar-refractivity contribution in [2.75, 3.05) is 7.11 Å². The van der Waals surface area contributed by atoms with E-state index in [0.717, 1.165) is 27.4 Å². The molecule has 35 heavy (non-hydrogen) atoms. The molecule has 1 heterocycles. The van der Waals surface area contributed by atoms with Crippen LogP contribution < -0.4 is 4.74 Å². The van der Waals surface area contributed by atoms with Gasteiger partial charge in [-0.05, 0) is 46.7 Å². The van der Waals surface area contributed by atoms with E-state index >= 15 is 0 Å². The lowest BCUT2D eigenvalue weighted by Crippen LogP contribution is -2.17. The lowest BCUT2D eigenvalue weighted by molar-refractivity contribution is -0.274. The van der Waals surface area contributed by atoms with Crippen LogP contribution in [0.25, 0.3) is 33.2 Å². The van der Waals surface area contributed by atoms with Gasteiger partial charge in [-0.25, -0.2) is 9.78 Å². The Labute approximate surface area is 198 Å². The number of alkyl halides is 3. The minimum atomic E-state index is -4.75. The summed E-state index contributed by atoms with van der Waals surface area (Å²) in [5.41, 5.74) is 3.42. The third-order valence-corrected chi connectivity index (χ3v) is 5.70. The molecule has 4 aromatic carbocycles. The monoisotopic (exact) mass is 476 g/mol. The Morgan fingerprint density at radius 3 is 2.43 bits per heavy atom. The third-order valence-electron chi connectivity index (χ3n) is 5.70. The lowest BCUT2D eigenvalue weighted by Gasteiger charge is -2.13. The van der Waals surface area contributed by atoms with E-state index in [-0.39, 0.29) is 5.75 Å². The van der Waals surface area contributed by atoms with E-state index in [2.05, 4.69) is 4.74 Å². The maximum atomic E-state index is 12.5. The molecule has 1 aromatic heterocycles. The number of fused-ring (bicyclic) bond motifs is 2. The molecular weight excluding hydrogens is 457 g/mol. The normalized spacial score (nSPS) is 11.7. The number of aromatic nitrogens is 2. The largest absolute Gasteiger partial charge is 0.573 e. The minimum absolute atomic E-state index is 0.284. The molecular formula is C27H19F3N2O3. The van der Waals surface area contributed by atoms with Crippen LogP contribution in [-0.4, -0.2) is 29.0 Å². The molecule has 0 aliphatic heterocycles. The molecule has 176 valence electrons. The smallest absolute Gasteiger partial charge is 0.465 e. The van der Waals surface area contributed by atoms with Crippen LogP contribution in [0.4, 0.5) is 13.2 Å². The number of hydrogen-bond donors (Lipinski definition) is 0. The molecule has 0 unspecified atom stereocenters. The van der Waals surface area contributed by atoms with E-state index in [0.29, 0.717) is 23.4 Å². The number of hydrogen-bond acceptors (Lipinski definition) is 4. The van der Waals surface area contributed by atoms with Crippen LogP contribution in [0.15, 0.2) is 84.9 Å². The van der Waals surface area contributed by atoms with Crippen LogP contribution >= 0.6 is 0 Å². The zero-order valence-corrected chi connectivity index (χ0v) is 18.5. The molecule has 5 aromatic rings. The molecule has 0 fully saturated rings. The number of carbonyl (C=O) groups excluding carboxylic acids is 1. The standard InChI is InChI=1S/C27H19F3N2O3/c1-34-26(33)19-11-14-24-23(15-19)31-25(22-8-4-6-18-5-2-3-7-21(18)22)32(24)16-17-9-12-20(13-10-17)35-27(28,29)30/h2-15H,16H2,1H3. The van der Waals surface area contributed by atoms with Crippen molar-refractivity contribution in [2.24, 2.45) is 0 Å². The van der Waals surface area contributed by atoms with Crippen LogP contribution in [0, 0.1) is 0 Å². The Morgan fingerprint density at radius 1 is 0.943 bits per heavy atom. The predicted octanol–water partition coefficient (Wildman–Crippen LogP) is 6.59. The molecule has 0 radical (unpaired) electrons. The van der Waals surface area contributed by atoms with Crippen LogP contribution in [0.2, 0.25) is 0 Å². The zero-order valence-electron chi connectivity index (χ0n) is 18.5. The first-order valence-electron chi connectivity index (χ1n) is 10.7. The highest BCUT2D eigenvalue weighted by molar-refractivity contribution is 5.98. The van der Waals surface area contributed by atoms with E-state index in [1.807, 2.05) is 47.0 Å². The first-order valence-corrected chi connectivity index (χ1v) is 10.7. The minimum Gasteiger partial charge on any atom is -0.465 e. The molecule has 5 nitrogen and oxygen atoms in total. The second-order valence-electron chi connectivity index (χ2n) is 7.94. The molecule has 0 saturated carbocycles. The van der Waals surface area contributed by atoms with Gasteiger partial charge < -0.3 is 14.0 Å². The van der Waals surface area contributed by atoms with Gasteiger partial charge in [-0.2, -0.15) is 0 Å². The summed E-state index contributed by atoms with van der Waals surface area (Å²) in [5.74, 6) is -0.0726. The summed E-state index contributed by atoms with van der Waals surface area (Å²) < 4.78 is 48.4. The highest BCUT2D eigenvalue weighted by Crippen LogP contribution is 2.32. The van der Waals surface area contributed by atoms with Gasteiger partial charge in [0.05, 0.1) is 23.7 Å². The fourth-order valence-electron chi connectivity index (χ4n) is 4.14. The van der Waals surface area contributed by atoms with Crippen LogP contribution in [-0.2, 0) is 11.3 Å². The molecule has 0 aliphatic carbocycles. The number of esters is 1. The van der Waals surface area contributed by atoms with Crippen LogP contribution in [0.1, 0.15) is 15.9 Å². The molecule has 0 saturated heterocycles. The predicted molar refractivity (Wildman–Crippen MR) is 126 cm³/mol. The summed E-state index contributed by atoms with van der Waals surface area (Å²) in [5, 5.41) is 2.06. The average Bonchev–Trinajstić information content (AvgIpc) is 3.20. The van der Waals surface area contributed by atoms with E-state index in [4.69, 9.17) is 9.72 Å². The number of carbonyl (C=O) groups is 1. The van der Waals surface area contributed by atoms with Crippen molar-refractivity contribution in [3.63, 3.8) is 0 Å². The van der Waals surface area contributed by atoms with Crippen molar-refractivity contribution in [2.45, 2.75) is 12.9 Å². The SMILES string of the molecule is COC(=O)c1ccc2c(c1)nc(-c1cccc3ccccc13)n2Cc1ccc(OC(F)(F)F)cc1. The summed E-state index contributed by atoms with van der Waals surface area (Å²) >= 11 is 0. The van der Waals surface area contributed by atoms with Gasteiger partial charge in [-0.3, -0.25) is 0 Å². The molecule has 0 aliphatic rings. The van der Waals surface area contributed by atoms with Crippen molar-refractivity contribution < 1.29 is 27.4 Å². The topological polar surface area (TPSA) is 53.3 Å².